The van der Waals surface area contributed by atoms with Crippen LogP contribution >= 0.6 is 15.6 Å². The average molecular weight is 245 g/mol. The second kappa shape index (κ2) is 5.32. The summed E-state index contributed by atoms with van der Waals surface area (Å²) in [6.45, 7) is 0. The molecule has 0 spiro atoms. The van der Waals surface area contributed by atoms with E-state index in [-0.39, 0.29) is 0 Å². The monoisotopic (exact) mass is 245 g/mol. The first-order valence-electron chi connectivity index (χ1n) is 1.71. The first-order valence-corrected chi connectivity index (χ1v) is 5.34. The summed E-state index contributed by atoms with van der Waals surface area (Å²) in [6, 6.07) is 0. The van der Waals surface area contributed by atoms with Crippen LogP contribution in [-0.2, 0) is 34.5 Å². The Bertz CT molecular complexity index is 164. The fourth-order valence-corrected chi connectivity index (χ4v) is 1.25. The van der Waals surface area contributed by atoms with Gasteiger partial charge in [0.2, 0.25) is 0 Å². The van der Waals surface area contributed by atoms with Crippen LogP contribution in [-0.4, -0.2) is 19.6 Å². The van der Waals surface area contributed by atoms with E-state index >= 15 is 0 Å². The van der Waals surface area contributed by atoms with E-state index in [9.17, 15) is 9.13 Å². The Labute approximate surface area is 70.3 Å². The van der Waals surface area contributed by atoms with Crippen LogP contribution in [0.3, 0.4) is 0 Å². The predicted octanol–water partition coefficient (Wildman–Crippen LogP) is -0.933. The third kappa shape index (κ3) is 18.0. The SMILES string of the molecule is O=P(O)(O)OP(=O)(O)O.[O]=[V]. The van der Waals surface area contributed by atoms with E-state index in [1.165, 1.54) is 0 Å². The molecule has 0 saturated carbocycles. The van der Waals surface area contributed by atoms with E-state index in [2.05, 4.69) is 4.31 Å². The van der Waals surface area contributed by atoms with Gasteiger partial charge in [0.1, 0.15) is 0 Å². The molecule has 0 fully saturated rings. The van der Waals surface area contributed by atoms with Crippen LogP contribution in [0.1, 0.15) is 0 Å². The topological polar surface area (TPSA) is 141 Å². The van der Waals surface area contributed by atoms with Gasteiger partial charge in [-0.1, -0.05) is 0 Å². The van der Waals surface area contributed by atoms with E-state index in [0.717, 1.165) is 17.4 Å². The summed E-state index contributed by atoms with van der Waals surface area (Å²) in [4.78, 5) is 31.0. The molecule has 0 aliphatic carbocycles. The first-order chi connectivity index (χ1) is 4.71. The second-order valence-electron chi connectivity index (χ2n) is 1.06. The molecule has 0 aromatic rings. The predicted molar refractivity (Wildman–Crippen MR) is 25.9 cm³/mol. The van der Waals surface area contributed by atoms with Gasteiger partial charge in [-0.05, 0) is 0 Å². The number of hydrogen-bond donors (Lipinski definition) is 4. The summed E-state index contributed by atoms with van der Waals surface area (Å²) in [7, 11) is -10.1. The van der Waals surface area contributed by atoms with Gasteiger partial charge in [0.25, 0.3) is 0 Å². The van der Waals surface area contributed by atoms with E-state index in [0.29, 0.717) is 0 Å². The second-order valence-corrected chi connectivity index (χ2v) is 3.68. The Morgan fingerprint density at radius 3 is 1.09 bits per heavy atom. The molecule has 0 unspecified atom stereocenters. The zero-order valence-corrected chi connectivity index (χ0v) is 7.95. The van der Waals surface area contributed by atoms with Crippen LogP contribution in [0.4, 0.5) is 0 Å². The van der Waals surface area contributed by atoms with Crippen molar-refractivity contribution in [1.82, 2.24) is 0 Å². The van der Waals surface area contributed by atoms with Crippen LogP contribution in [0.15, 0.2) is 0 Å². The Hall–Kier alpha value is 0.644. The van der Waals surface area contributed by atoms with Gasteiger partial charge >= 0.3 is 36.7 Å². The number of rotatable bonds is 2. The summed E-state index contributed by atoms with van der Waals surface area (Å²) in [5.74, 6) is 0. The molecule has 8 nitrogen and oxygen atoms in total. The molecular weight excluding hydrogens is 241 g/mol. The molecule has 0 aliphatic heterocycles. The third-order valence-corrected chi connectivity index (χ3v) is 1.91. The molecule has 0 saturated heterocycles. The Morgan fingerprint density at radius 1 is 0.909 bits per heavy atom. The molecule has 0 heterocycles. The Morgan fingerprint density at radius 2 is 1.09 bits per heavy atom. The molecule has 0 aromatic carbocycles. The number of phosphoric acid groups is 2. The van der Waals surface area contributed by atoms with Crippen molar-refractivity contribution in [3.63, 3.8) is 0 Å². The molecule has 4 N–H and O–H groups in total. The van der Waals surface area contributed by atoms with Gasteiger partial charge in [-0.3, -0.25) is 0 Å². The summed E-state index contributed by atoms with van der Waals surface area (Å²) in [5, 5.41) is 0. The molecule has 11 heavy (non-hydrogen) atoms. The van der Waals surface area contributed by atoms with Gasteiger partial charge in [-0.25, -0.2) is 9.13 Å². The molecular formula is H4O8P2V. The van der Waals surface area contributed by atoms with Crippen LogP contribution in [0.2, 0.25) is 0 Å². The Kier molecular flexibility index (Phi) is 6.86. The summed E-state index contributed by atoms with van der Waals surface area (Å²) < 4.78 is 30.4. The van der Waals surface area contributed by atoms with E-state index < -0.39 is 15.6 Å². The number of hydrogen-bond acceptors (Lipinski definition) is 4. The molecule has 0 radical (unpaired) electrons. The molecule has 11 heteroatoms. The molecule has 0 aliphatic rings. The van der Waals surface area contributed by atoms with Crippen molar-refractivity contribution < 1.29 is 54.1 Å². The first kappa shape index (κ1) is 14.2. The quantitative estimate of drug-likeness (QED) is 0.457. The van der Waals surface area contributed by atoms with Crippen molar-refractivity contribution in [2.45, 2.75) is 0 Å². The molecule has 67 valence electrons. The fourth-order valence-electron chi connectivity index (χ4n) is 0.139. The minimum atomic E-state index is -5.05. The molecule has 0 atom stereocenters. The van der Waals surface area contributed by atoms with Crippen molar-refractivity contribution in [2.24, 2.45) is 0 Å². The zero-order chi connectivity index (χ0) is 9.71. The van der Waals surface area contributed by atoms with Crippen molar-refractivity contribution in [3.8, 4) is 0 Å². The maximum absolute atomic E-state index is 9.63. The van der Waals surface area contributed by atoms with E-state index in [1.54, 1.807) is 0 Å². The fraction of sp³-hybridized carbons (Fsp3) is 0. The van der Waals surface area contributed by atoms with E-state index in [1.807, 2.05) is 0 Å². The van der Waals surface area contributed by atoms with Crippen molar-refractivity contribution in [2.75, 3.05) is 0 Å². The zero-order valence-electron chi connectivity index (χ0n) is 4.76. The summed E-state index contributed by atoms with van der Waals surface area (Å²) in [6.07, 6.45) is 0. The van der Waals surface area contributed by atoms with Crippen molar-refractivity contribution in [1.29, 1.82) is 0 Å². The van der Waals surface area contributed by atoms with Gasteiger partial charge in [0.05, 0.1) is 0 Å². The van der Waals surface area contributed by atoms with Gasteiger partial charge in [-0.15, -0.1) is 0 Å². The minimum absolute atomic E-state index is 1.06. The van der Waals surface area contributed by atoms with Gasteiger partial charge in [0.15, 0.2) is 0 Å². The molecule has 0 bridgehead atoms. The summed E-state index contributed by atoms with van der Waals surface area (Å²) in [5.41, 5.74) is 0. The summed E-state index contributed by atoms with van der Waals surface area (Å²) >= 11 is 1.06. The van der Waals surface area contributed by atoms with E-state index in [4.69, 9.17) is 23.2 Å². The molecule has 0 aromatic heterocycles. The molecule has 0 amide bonds. The van der Waals surface area contributed by atoms with Gasteiger partial charge in [-0.2, -0.15) is 4.31 Å². The van der Waals surface area contributed by atoms with Crippen LogP contribution in [0.5, 0.6) is 0 Å². The van der Waals surface area contributed by atoms with Crippen molar-refractivity contribution in [3.05, 3.63) is 0 Å². The average Bonchev–Trinajstić information content (AvgIpc) is 1.60. The standard InChI is InChI=1S/H4O7P2.O.V/c1-8(2,3)7-9(4,5)6;;/h(H2,1,2,3)(H2,4,5,6);;. The van der Waals surface area contributed by atoms with Gasteiger partial charge < -0.3 is 19.6 Å². The maximum atomic E-state index is 9.63. The molecule has 0 rings (SSSR count). The van der Waals surface area contributed by atoms with Crippen molar-refractivity contribution >= 4 is 15.6 Å². The Balaban J connectivity index is 0. The third-order valence-electron chi connectivity index (χ3n) is 0.213. The normalized spacial score (nSPS) is 11.5. The van der Waals surface area contributed by atoms with Gasteiger partial charge in [0, 0.05) is 0 Å². The van der Waals surface area contributed by atoms with Crippen LogP contribution in [0.25, 0.3) is 0 Å². The van der Waals surface area contributed by atoms with Crippen LogP contribution in [0, 0.1) is 0 Å². The van der Waals surface area contributed by atoms with Crippen LogP contribution < -0.4 is 0 Å².